The van der Waals surface area contributed by atoms with Crippen LogP contribution in [0.4, 0.5) is 4.39 Å². The van der Waals surface area contributed by atoms with Crippen LogP contribution in [0.1, 0.15) is 75.8 Å². The largest absolute Gasteiger partial charge is 0.207 e. The molecule has 1 fully saturated rings. The van der Waals surface area contributed by atoms with Crippen LogP contribution in [0.15, 0.2) is 24.2 Å². The van der Waals surface area contributed by atoms with E-state index in [1.54, 1.807) is 0 Å². The molecule has 1 saturated carbocycles. The monoisotopic (exact) mass is 280 g/mol. The molecule has 112 valence electrons. The molecule has 0 radical (unpaired) electrons. The zero-order valence-corrected chi connectivity index (χ0v) is 12.6. The molecule has 1 aromatic rings. The molecule has 0 aromatic heterocycles. The summed E-state index contributed by atoms with van der Waals surface area (Å²) in [7, 11) is 0. The Kier molecular flexibility index (Phi) is 4.56. The van der Waals surface area contributed by atoms with E-state index in [0.717, 1.165) is 12.3 Å². The summed E-state index contributed by atoms with van der Waals surface area (Å²) in [6, 6.07) is -1.49. The molecule has 1 aliphatic carbocycles. The predicted molar refractivity (Wildman–Crippen MR) is 84.3 cm³/mol. The standard InChI is InChI=1S/C19H29F/c1-2-3-4-5-16-6-8-17(9-7-16)10-11-18-12-14-19(20)15-13-18/h12-17H,2-11H2,1H3/i12D,13D,14D,15D. The molecule has 0 unspecified atom stereocenters. The van der Waals surface area contributed by atoms with Gasteiger partial charge in [0.25, 0.3) is 0 Å². The van der Waals surface area contributed by atoms with Crippen molar-refractivity contribution in [2.45, 2.75) is 71.1 Å². The van der Waals surface area contributed by atoms with Gasteiger partial charge in [-0.3, -0.25) is 0 Å². The van der Waals surface area contributed by atoms with Crippen LogP contribution in [0.25, 0.3) is 0 Å². The van der Waals surface area contributed by atoms with E-state index in [1.807, 2.05) is 0 Å². The summed E-state index contributed by atoms with van der Waals surface area (Å²) in [6.07, 6.45) is 11.6. The van der Waals surface area contributed by atoms with E-state index in [2.05, 4.69) is 6.92 Å². The Morgan fingerprint density at radius 1 is 1.00 bits per heavy atom. The fraction of sp³-hybridized carbons (Fsp3) is 0.684. The molecule has 0 atom stereocenters. The SMILES string of the molecule is [2H]c1c([2H])c(CCC2CCC(CCCCC)CC2)c([2H])c([2H])c1F. The van der Waals surface area contributed by atoms with Crippen LogP contribution in [-0.2, 0) is 6.42 Å². The summed E-state index contributed by atoms with van der Waals surface area (Å²) in [5.41, 5.74) is 0.372. The maximum atomic E-state index is 13.6. The predicted octanol–water partition coefficient (Wildman–Crippen LogP) is 6.15. The number of hydrogen-bond donors (Lipinski definition) is 0. The van der Waals surface area contributed by atoms with Crippen molar-refractivity contribution in [1.29, 1.82) is 0 Å². The van der Waals surface area contributed by atoms with Gasteiger partial charge in [-0.15, -0.1) is 0 Å². The molecule has 0 amide bonds. The van der Waals surface area contributed by atoms with E-state index in [1.165, 1.54) is 51.4 Å². The molecular weight excluding hydrogens is 247 g/mol. The number of hydrogen-bond acceptors (Lipinski definition) is 0. The summed E-state index contributed by atoms with van der Waals surface area (Å²) in [5.74, 6) is 0.415. The lowest BCUT2D eigenvalue weighted by Crippen LogP contribution is -2.15. The van der Waals surface area contributed by atoms with Gasteiger partial charge < -0.3 is 0 Å². The minimum Gasteiger partial charge on any atom is -0.207 e. The Morgan fingerprint density at radius 2 is 1.60 bits per heavy atom. The van der Waals surface area contributed by atoms with Gasteiger partial charge in [-0.1, -0.05) is 70.4 Å². The summed E-state index contributed by atoms with van der Waals surface area (Å²) in [4.78, 5) is 0. The highest BCUT2D eigenvalue weighted by Gasteiger charge is 2.20. The summed E-state index contributed by atoms with van der Waals surface area (Å²) >= 11 is 0. The van der Waals surface area contributed by atoms with E-state index >= 15 is 0 Å². The second-order valence-corrected chi connectivity index (χ2v) is 6.21. The third-order valence-electron chi connectivity index (χ3n) is 4.63. The first-order valence-electron chi connectivity index (χ1n) is 10.2. The molecule has 0 spiro atoms. The Balaban J connectivity index is 1.87. The zero-order chi connectivity index (χ0) is 17.7. The molecule has 0 heterocycles. The van der Waals surface area contributed by atoms with Crippen molar-refractivity contribution in [1.82, 2.24) is 0 Å². The first-order chi connectivity index (χ1) is 11.5. The minimum absolute atomic E-state index is 0.207. The molecule has 0 bridgehead atoms. The van der Waals surface area contributed by atoms with Gasteiger partial charge in [0.1, 0.15) is 5.82 Å². The van der Waals surface area contributed by atoms with Crippen LogP contribution in [0.2, 0.25) is 0 Å². The highest BCUT2D eigenvalue weighted by molar-refractivity contribution is 5.16. The topological polar surface area (TPSA) is 0 Å². The van der Waals surface area contributed by atoms with E-state index in [4.69, 9.17) is 5.48 Å². The molecule has 2 rings (SSSR count). The highest BCUT2D eigenvalue weighted by Crippen LogP contribution is 2.34. The van der Waals surface area contributed by atoms with Crippen molar-refractivity contribution in [2.24, 2.45) is 11.8 Å². The summed E-state index contributed by atoms with van der Waals surface area (Å²) in [6.45, 7) is 2.23. The fourth-order valence-electron chi connectivity index (χ4n) is 3.29. The molecule has 1 heteroatoms. The Bertz CT molecular complexity index is 522. The lowest BCUT2D eigenvalue weighted by atomic mass is 9.78. The van der Waals surface area contributed by atoms with Crippen molar-refractivity contribution < 1.29 is 9.87 Å². The normalized spacial score (nSPS) is 25.7. The smallest absolute Gasteiger partial charge is 0.123 e. The van der Waals surface area contributed by atoms with Gasteiger partial charge in [-0.25, -0.2) is 4.39 Å². The van der Waals surface area contributed by atoms with Gasteiger partial charge in [0.05, 0.1) is 5.48 Å². The van der Waals surface area contributed by atoms with Crippen molar-refractivity contribution in [3.63, 3.8) is 0 Å². The second kappa shape index (κ2) is 8.44. The van der Waals surface area contributed by atoms with Gasteiger partial charge >= 0.3 is 0 Å². The van der Waals surface area contributed by atoms with Crippen LogP contribution in [0.3, 0.4) is 0 Å². The van der Waals surface area contributed by atoms with Crippen LogP contribution in [0.5, 0.6) is 0 Å². The quantitative estimate of drug-likeness (QED) is 0.526. The Morgan fingerprint density at radius 3 is 2.20 bits per heavy atom. The molecule has 0 aliphatic heterocycles. The number of halogens is 1. The molecule has 0 N–H and O–H groups in total. The van der Waals surface area contributed by atoms with Gasteiger partial charge in [0.15, 0.2) is 0 Å². The van der Waals surface area contributed by atoms with Crippen molar-refractivity contribution >= 4 is 0 Å². The number of rotatable bonds is 7. The number of benzene rings is 1. The van der Waals surface area contributed by atoms with Crippen LogP contribution in [0, 0.1) is 17.7 Å². The van der Waals surface area contributed by atoms with Crippen LogP contribution in [-0.4, -0.2) is 0 Å². The third kappa shape index (κ3) is 5.26. The molecule has 1 aromatic carbocycles. The van der Waals surface area contributed by atoms with Gasteiger partial charge in [-0.05, 0) is 42.3 Å². The lowest BCUT2D eigenvalue weighted by Gasteiger charge is -2.28. The Labute approximate surface area is 129 Å². The van der Waals surface area contributed by atoms with Gasteiger partial charge in [-0.2, -0.15) is 0 Å². The first kappa shape index (κ1) is 10.8. The number of unbranched alkanes of at least 4 members (excludes halogenated alkanes) is 2. The van der Waals surface area contributed by atoms with Crippen molar-refractivity contribution in [2.75, 3.05) is 0 Å². The maximum Gasteiger partial charge on any atom is 0.123 e. The fourth-order valence-corrected chi connectivity index (χ4v) is 3.29. The van der Waals surface area contributed by atoms with Gasteiger partial charge in [0, 0.05) is 0 Å². The van der Waals surface area contributed by atoms with E-state index in [-0.39, 0.29) is 12.1 Å². The summed E-state index contributed by atoms with van der Waals surface area (Å²) in [5, 5.41) is 0. The van der Waals surface area contributed by atoms with E-state index < -0.39 is 17.9 Å². The molecule has 0 saturated heterocycles. The first-order valence-corrected chi connectivity index (χ1v) is 8.20. The van der Waals surface area contributed by atoms with Crippen molar-refractivity contribution in [3.8, 4) is 0 Å². The molecule has 1 aliphatic rings. The molecule has 20 heavy (non-hydrogen) atoms. The maximum absolute atomic E-state index is 13.6. The lowest BCUT2D eigenvalue weighted by molar-refractivity contribution is 0.249. The zero-order valence-electron chi connectivity index (χ0n) is 16.6. The Hall–Kier alpha value is -0.850. The van der Waals surface area contributed by atoms with Crippen molar-refractivity contribution in [3.05, 3.63) is 35.6 Å². The molecular formula is C19H29F. The minimum atomic E-state index is -1.04. The highest BCUT2D eigenvalue weighted by atomic mass is 19.1. The van der Waals surface area contributed by atoms with E-state index in [0.29, 0.717) is 17.9 Å². The average Bonchev–Trinajstić information content (AvgIpc) is 2.60. The van der Waals surface area contributed by atoms with Crippen LogP contribution < -0.4 is 0 Å². The summed E-state index contributed by atoms with van der Waals surface area (Å²) < 4.78 is 44.5. The second-order valence-electron chi connectivity index (χ2n) is 6.21. The van der Waals surface area contributed by atoms with Crippen LogP contribution >= 0.6 is 0 Å². The van der Waals surface area contributed by atoms with Gasteiger partial charge in [0.2, 0.25) is 0 Å². The van der Waals surface area contributed by atoms with E-state index in [9.17, 15) is 4.39 Å². The average molecular weight is 280 g/mol. The molecule has 0 nitrogen and oxygen atoms in total. The third-order valence-corrected chi connectivity index (χ3v) is 4.63.